The summed E-state index contributed by atoms with van der Waals surface area (Å²) in [5.41, 5.74) is 0.271. The smallest absolute Gasteiger partial charge is 0.412 e. The normalized spacial score (nSPS) is 15.3. The molecule has 1 N–H and O–H groups in total. The molecule has 0 spiro atoms. The number of rotatable bonds is 10. The molecule has 0 fully saturated rings. The van der Waals surface area contributed by atoms with Crippen LogP contribution in [-0.4, -0.2) is 42.3 Å². The van der Waals surface area contributed by atoms with Gasteiger partial charge in [0.1, 0.15) is 41.5 Å². The Balaban J connectivity index is 1.83. The molecule has 10 heteroatoms. The molecule has 1 aliphatic rings. The van der Waals surface area contributed by atoms with Gasteiger partial charge in [-0.25, -0.2) is 4.79 Å². The van der Waals surface area contributed by atoms with Crippen LogP contribution in [0.1, 0.15) is 18.4 Å². The predicted octanol–water partition coefficient (Wildman–Crippen LogP) is 5.47. The van der Waals surface area contributed by atoms with E-state index < -0.39 is 24.3 Å². The summed E-state index contributed by atoms with van der Waals surface area (Å²) in [6.07, 6.45) is -2.00. The number of thioether (sulfide) groups is 1. The van der Waals surface area contributed by atoms with Gasteiger partial charge in [-0.3, -0.25) is 0 Å². The van der Waals surface area contributed by atoms with Crippen molar-refractivity contribution in [2.24, 2.45) is 0 Å². The molecule has 0 unspecified atom stereocenters. The molecule has 0 aromatic heterocycles. The van der Waals surface area contributed by atoms with Gasteiger partial charge in [-0.2, -0.15) is 13.2 Å². The minimum atomic E-state index is -4.29. The summed E-state index contributed by atoms with van der Waals surface area (Å²) in [7, 11) is 0. The Kier molecular flexibility index (Phi) is 9.15. The van der Waals surface area contributed by atoms with E-state index in [1.807, 2.05) is 19.1 Å². The molecule has 29 heavy (non-hydrogen) atoms. The molecule has 160 valence electrons. The van der Waals surface area contributed by atoms with Crippen molar-refractivity contribution in [1.82, 2.24) is 0 Å². The molecular formula is C19H20F3IO5S. The van der Waals surface area contributed by atoms with E-state index in [1.54, 1.807) is 29.1 Å². The van der Waals surface area contributed by atoms with Crippen LogP contribution in [0.2, 0.25) is 0 Å². The number of halogens is 4. The molecular weight excluding hydrogens is 524 g/mol. The maximum Gasteiger partial charge on any atom is 0.412 e. The number of allylic oxidation sites excluding steroid dienone is 4. The molecule has 0 bridgehead atoms. The molecule has 1 aromatic carbocycles. The molecule has 0 saturated heterocycles. The fraction of sp³-hybridized carbons (Fsp3) is 0.421. The van der Waals surface area contributed by atoms with Gasteiger partial charge < -0.3 is 17.6 Å². The van der Waals surface area contributed by atoms with Crippen LogP contribution in [0.25, 0.3) is 0 Å². The fourth-order valence-electron chi connectivity index (χ4n) is 2.48. The van der Waals surface area contributed by atoms with Crippen molar-refractivity contribution in [1.29, 1.82) is 0 Å². The highest BCUT2D eigenvalue weighted by Gasteiger charge is 2.34. The molecule has 5 nitrogen and oxygen atoms in total. The standard InChI is InChI=1S/C19H20F3IO5S/c1-12-8-16(6-7-17(12)27-10-18(24)25)29-11-15(28-23)9-26-14-4-2-13(3-5-14)19(20,21)22/h2,4,6-8,15H,3,5,9-11H2,1H3,(H,24,25)/t15-/m1/s1. The van der Waals surface area contributed by atoms with Crippen molar-refractivity contribution in [3.8, 4) is 5.75 Å². The first-order valence-corrected chi connectivity index (χ1v) is 10.5. The van der Waals surface area contributed by atoms with Crippen LogP contribution in [0, 0.1) is 6.92 Å². The summed E-state index contributed by atoms with van der Waals surface area (Å²) >= 11 is 3.31. The predicted molar refractivity (Wildman–Crippen MR) is 111 cm³/mol. The number of carbonyl (C=O) groups is 1. The molecule has 0 radical (unpaired) electrons. The highest BCUT2D eigenvalue weighted by atomic mass is 127. The van der Waals surface area contributed by atoms with Crippen LogP contribution in [0.15, 0.2) is 46.6 Å². The average molecular weight is 544 g/mol. The average Bonchev–Trinajstić information content (AvgIpc) is 2.67. The summed E-state index contributed by atoms with van der Waals surface area (Å²) in [6.45, 7) is 1.66. The Morgan fingerprint density at radius 3 is 2.59 bits per heavy atom. The van der Waals surface area contributed by atoms with E-state index in [1.165, 1.54) is 17.8 Å². The first-order chi connectivity index (χ1) is 13.7. The topological polar surface area (TPSA) is 65.0 Å². The van der Waals surface area contributed by atoms with E-state index in [4.69, 9.17) is 17.6 Å². The lowest BCUT2D eigenvalue weighted by molar-refractivity contribution is -0.139. The Hall–Kier alpha value is -1.40. The molecule has 0 aliphatic heterocycles. The van der Waals surface area contributed by atoms with Crippen LogP contribution in [-0.2, 0) is 12.6 Å². The summed E-state index contributed by atoms with van der Waals surface area (Å²) in [5, 5.41) is 8.67. The van der Waals surface area contributed by atoms with Gasteiger partial charge >= 0.3 is 12.1 Å². The zero-order valence-electron chi connectivity index (χ0n) is 15.5. The second kappa shape index (κ2) is 11.1. The number of aliphatic carboxylic acids is 1. The third kappa shape index (κ3) is 8.09. The van der Waals surface area contributed by atoms with Crippen molar-refractivity contribution >= 4 is 40.7 Å². The number of hydrogen-bond acceptors (Lipinski definition) is 5. The van der Waals surface area contributed by atoms with Gasteiger partial charge in [0.15, 0.2) is 6.61 Å². The van der Waals surface area contributed by atoms with Gasteiger partial charge in [0.2, 0.25) is 0 Å². The Morgan fingerprint density at radius 1 is 1.28 bits per heavy atom. The van der Waals surface area contributed by atoms with Gasteiger partial charge in [0, 0.05) is 22.6 Å². The van der Waals surface area contributed by atoms with E-state index in [0.29, 0.717) is 17.3 Å². The van der Waals surface area contributed by atoms with E-state index in [9.17, 15) is 18.0 Å². The van der Waals surface area contributed by atoms with Gasteiger partial charge in [-0.1, -0.05) is 6.08 Å². The molecule has 0 amide bonds. The summed E-state index contributed by atoms with van der Waals surface area (Å²) in [4.78, 5) is 11.5. The number of hydrogen-bond donors (Lipinski definition) is 1. The van der Waals surface area contributed by atoms with Crippen molar-refractivity contribution in [2.45, 2.75) is 36.9 Å². The number of ether oxygens (including phenoxy) is 2. The van der Waals surface area contributed by atoms with Crippen molar-refractivity contribution in [3.63, 3.8) is 0 Å². The maximum absolute atomic E-state index is 12.6. The minimum Gasteiger partial charge on any atom is -0.495 e. The van der Waals surface area contributed by atoms with E-state index in [2.05, 4.69) is 0 Å². The van der Waals surface area contributed by atoms with Crippen LogP contribution in [0.5, 0.6) is 5.75 Å². The third-order valence-electron chi connectivity index (χ3n) is 3.99. The lowest BCUT2D eigenvalue weighted by atomic mass is 10.0. The largest absolute Gasteiger partial charge is 0.495 e. The molecule has 1 aromatic rings. The zero-order valence-corrected chi connectivity index (χ0v) is 18.5. The summed E-state index contributed by atoms with van der Waals surface area (Å²) in [5.74, 6) is 0.562. The minimum absolute atomic E-state index is 0.0879. The number of alkyl halides is 3. The van der Waals surface area contributed by atoms with Gasteiger partial charge in [0.25, 0.3) is 0 Å². The SMILES string of the molecule is Cc1cc(SC[C@@H](COC2=CC=C(C(F)(F)F)CC2)OI)ccc1OCC(=O)O. The third-order valence-corrected chi connectivity index (χ3v) is 5.83. The van der Waals surface area contributed by atoms with Crippen molar-refractivity contribution < 1.29 is 35.6 Å². The summed E-state index contributed by atoms with van der Waals surface area (Å²) < 4.78 is 54.1. The fourth-order valence-corrected chi connectivity index (χ4v) is 4.01. The Morgan fingerprint density at radius 2 is 2.03 bits per heavy atom. The zero-order chi connectivity index (χ0) is 21.4. The van der Waals surface area contributed by atoms with E-state index in [-0.39, 0.29) is 25.6 Å². The Bertz CT molecular complexity index is 780. The second-order valence-electron chi connectivity index (χ2n) is 6.27. The number of carboxylic acids is 1. The van der Waals surface area contributed by atoms with Crippen LogP contribution in [0.4, 0.5) is 13.2 Å². The van der Waals surface area contributed by atoms with Gasteiger partial charge in [-0.05, 0) is 43.2 Å². The number of carboxylic acid groups (broad SMARTS) is 1. The number of benzene rings is 1. The first kappa shape index (κ1) is 23.9. The lowest BCUT2D eigenvalue weighted by Crippen LogP contribution is -2.20. The molecule has 0 saturated carbocycles. The van der Waals surface area contributed by atoms with Gasteiger partial charge in [-0.15, -0.1) is 11.8 Å². The lowest BCUT2D eigenvalue weighted by Gasteiger charge is -2.20. The number of aryl methyl sites for hydroxylation is 1. The van der Waals surface area contributed by atoms with Crippen LogP contribution < -0.4 is 4.74 Å². The van der Waals surface area contributed by atoms with Crippen LogP contribution >= 0.6 is 34.8 Å². The maximum atomic E-state index is 12.6. The van der Waals surface area contributed by atoms with Crippen molar-refractivity contribution in [3.05, 3.63) is 47.2 Å². The quantitative estimate of drug-likeness (QED) is 0.312. The summed E-state index contributed by atoms with van der Waals surface area (Å²) in [6, 6.07) is 5.43. The van der Waals surface area contributed by atoms with E-state index in [0.717, 1.165) is 16.5 Å². The molecule has 1 atom stereocenters. The van der Waals surface area contributed by atoms with Crippen LogP contribution in [0.3, 0.4) is 0 Å². The molecule has 2 rings (SSSR count). The van der Waals surface area contributed by atoms with Gasteiger partial charge in [0.05, 0.1) is 5.76 Å². The highest BCUT2D eigenvalue weighted by Crippen LogP contribution is 2.33. The van der Waals surface area contributed by atoms with E-state index >= 15 is 0 Å². The molecule has 1 aliphatic carbocycles. The Labute approximate surface area is 185 Å². The van der Waals surface area contributed by atoms with Crippen molar-refractivity contribution in [2.75, 3.05) is 19.0 Å². The molecule has 0 heterocycles. The highest BCUT2D eigenvalue weighted by molar-refractivity contribution is 14.1. The monoisotopic (exact) mass is 544 g/mol. The second-order valence-corrected chi connectivity index (χ2v) is 7.87. The first-order valence-electron chi connectivity index (χ1n) is 8.64.